The Morgan fingerprint density at radius 2 is 2.03 bits per heavy atom. The molecule has 1 atom stereocenters. The molecule has 4 heterocycles. The monoisotopic (exact) mass is 468 g/mol. The van der Waals surface area contributed by atoms with Crippen LogP contribution in [0, 0.1) is 0 Å². The average Bonchev–Trinajstić information content (AvgIpc) is 3.58. The van der Waals surface area contributed by atoms with E-state index in [2.05, 4.69) is 54.0 Å². The third-order valence-corrected chi connectivity index (χ3v) is 7.29. The van der Waals surface area contributed by atoms with Crippen LogP contribution in [0.4, 0.5) is 0 Å². The Hall–Kier alpha value is -2.78. The molecule has 5 rings (SSSR count). The average molecular weight is 469 g/mol. The lowest BCUT2D eigenvalue weighted by Gasteiger charge is -2.29. The summed E-state index contributed by atoms with van der Waals surface area (Å²) in [5.74, 6) is 1.49. The van der Waals surface area contributed by atoms with Gasteiger partial charge in [-0.2, -0.15) is 10.1 Å². The van der Waals surface area contributed by atoms with Crippen LogP contribution >= 0.6 is 0 Å². The smallest absolute Gasteiger partial charge is 0.230 e. The van der Waals surface area contributed by atoms with Gasteiger partial charge < -0.3 is 14.5 Å². The maximum atomic E-state index is 10.8. The molecule has 34 heavy (non-hydrogen) atoms. The van der Waals surface area contributed by atoms with Gasteiger partial charge in [0, 0.05) is 41.5 Å². The Labute approximate surface area is 200 Å². The van der Waals surface area contributed by atoms with Crippen molar-refractivity contribution in [2.75, 3.05) is 33.3 Å². The van der Waals surface area contributed by atoms with Crippen LogP contribution in [0.5, 0.6) is 0 Å². The van der Waals surface area contributed by atoms with E-state index < -0.39 is 0 Å². The molecule has 0 spiro atoms. The van der Waals surface area contributed by atoms with E-state index in [-0.39, 0.29) is 17.5 Å². The SMILES string of the molecule is CC(C)n1ncc2ccc(-c3noc(C4CCN(C=O)CC4)n3)cc21.CN1CCCC1(C)CO. The van der Waals surface area contributed by atoms with Crippen molar-refractivity contribution < 1.29 is 14.4 Å². The van der Waals surface area contributed by atoms with Gasteiger partial charge in [0.25, 0.3) is 0 Å². The second-order valence-electron chi connectivity index (χ2n) is 10.0. The first-order chi connectivity index (χ1) is 16.3. The van der Waals surface area contributed by atoms with Crippen LogP contribution in [-0.4, -0.2) is 80.1 Å². The molecule has 2 aliphatic rings. The van der Waals surface area contributed by atoms with Crippen molar-refractivity contribution >= 4 is 17.3 Å². The number of hydrogen-bond acceptors (Lipinski definition) is 7. The first-order valence-corrected chi connectivity index (χ1v) is 12.2. The maximum absolute atomic E-state index is 10.8. The fourth-order valence-electron chi connectivity index (χ4n) is 4.72. The number of nitrogens with zero attached hydrogens (tertiary/aromatic N) is 6. The van der Waals surface area contributed by atoms with E-state index >= 15 is 0 Å². The molecule has 3 aromatic rings. The maximum Gasteiger partial charge on any atom is 0.230 e. The summed E-state index contributed by atoms with van der Waals surface area (Å²) in [5.41, 5.74) is 2.08. The molecule has 1 N–H and O–H groups in total. The predicted molar refractivity (Wildman–Crippen MR) is 130 cm³/mol. The van der Waals surface area contributed by atoms with Gasteiger partial charge in [-0.15, -0.1) is 0 Å². The molecule has 0 radical (unpaired) electrons. The fraction of sp³-hybridized carbons (Fsp3) is 0.600. The lowest BCUT2D eigenvalue weighted by Crippen LogP contribution is -2.41. The zero-order valence-electron chi connectivity index (χ0n) is 20.6. The number of aliphatic hydroxyl groups excluding tert-OH is 1. The lowest BCUT2D eigenvalue weighted by molar-refractivity contribution is -0.119. The summed E-state index contributed by atoms with van der Waals surface area (Å²) in [6, 6.07) is 6.39. The highest BCUT2D eigenvalue weighted by atomic mass is 16.5. The highest BCUT2D eigenvalue weighted by molar-refractivity contribution is 5.83. The Kier molecular flexibility index (Phi) is 7.33. The molecule has 0 aliphatic carbocycles. The summed E-state index contributed by atoms with van der Waals surface area (Å²) in [6.45, 7) is 9.24. The third-order valence-electron chi connectivity index (χ3n) is 7.29. The van der Waals surface area contributed by atoms with Crippen LogP contribution in [0.2, 0.25) is 0 Å². The molecule has 2 saturated heterocycles. The Balaban J connectivity index is 0.000000257. The van der Waals surface area contributed by atoms with Crippen molar-refractivity contribution in [2.24, 2.45) is 0 Å². The van der Waals surface area contributed by atoms with Crippen LogP contribution in [0.25, 0.3) is 22.3 Å². The van der Waals surface area contributed by atoms with Gasteiger partial charge >= 0.3 is 0 Å². The van der Waals surface area contributed by atoms with Crippen LogP contribution in [0.3, 0.4) is 0 Å². The van der Waals surface area contributed by atoms with Gasteiger partial charge in [0.1, 0.15) is 0 Å². The van der Waals surface area contributed by atoms with E-state index in [9.17, 15) is 4.79 Å². The van der Waals surface area contributed by atoms with E-state index in [1.54, 1.807) is 4.90 Å². The number of aliphatic hydroxyl groups is 1. The van der Waals surface area contributed by atoms with Gasteiger partial charge in [-0.3, -0.25) is 14.4 Å². The molecule has 184 valence electrons. The number of likely N-dealkylation sites (tertiary alicyclic amines) is 2. The topological polar surface area (TPSA) is 101 Å². The molecule has 9 nitrogen and oxygen atoms in total. The normalized spacial score (nSPS) is 21.8. The molecule has 9 heteroatoms. The minimum atomic E-state index is 0.0833. The predicted octanol–water partition coefficient (Wildman–Crippen LogP) is 3.47. The summed E-state index contributed by atoms with van der Waals surface area (Å²) in [6.07, 6.45) is 6.87. The molecule has 1 aromatic carbocycles. The molecule has 2 fully saturated rings. The first kappa shape index (κ1) is 24.3. The van der Waals surface area contributed by atoms with Crippen molar-refractivity contribution in [3.8, 4) is 11.4 Å². The number of amides is 1. The van der Waals surface area contributed by atoms with Crippen molar-refractivity contribution in [1.29, 1.82) is 0 Å². The number of carbonyl (C=O) groups is 1. The molecule has 0 bridgehead atoms. The minimum absolute atomic E-state index is 0.0833. The third kappa shape index (κ3) is 5.00. The number of rotatable bonds is 5. The van der Waals surface area contributed by atoms with Gasteiger partial charge in [-0.05, 0) is 66.1 Å². The molecule has 1 amide bonds. The Bertz CT molecular complexity index is 1100. The molecule has 1 unspecified atom stereocenters. The van der Waals surface area contributed by atoms with Gasteiger partial charge in [-0.25, -0.2) is 0 Å². The largest absolute Gasteiger partial charge is 0.394 e. The Morgan fingerprint density at radius 1 is 1.26 bits per heavy atom. The van der Waals surface area contributed by atoms with Crippen LogP contribution in [0.15, 0.2) is 28.9 Å². The molecule has 0 saturated carbocycles. The van der Waals surface area contributed by atoms with E-state index in [1.165, 1.54) is 6.42 Å². The Morgan fingerprint density at radius 3 is 2.62 bits per heavy atom. The quantitative estimate of drug-likeness (QED) is 0.572. The summed E-state index contributed by atoms with van der Waals surface area (Å²) in [4.78, 5) is 19.4. The minimum Gasteiger partial charge on any atom is -0.394 e. The molecular formula is C25H36N6O3. The highest BCUT2D eigenvalue weighted by Gasteiger charge is 2.32. The summed E-state index contributed by atoms with van der Waals surface area (Å²) < 4.78 is 7.50. The second kappa shape index (κ2) is 10.2. The number of aromatic nitrogens is 4. The second-order valence-corrected chi connectivity index (χ2v) is 10.0. The summed E-state index contributed by atoms with van der Waals surface area (Å²) in [7, 11) is 2.07. The van der Waals surface area contributed by atoms with Crippen LogP contribution in [0.1, 0.15) is 64.3 Å². The zero-order valence-corrected chi connectivity index (χ0v) is 20.6. The van der Waals surface area contributed by atoms with Gasteiger partial charge in [0.05, 0.1) is 18.3 Å². The standard InChI is InChI=1S/C18H21N5O2.C7H15NO/c1-12(2)23-16-9-14(3-4-15(16)10-19-23)17-20-18(25-21-17)13-5-7-22(11-24)8-6-13;1-7(6-9)4-3-5-8(7)2/h3-4,9-13H,5-8H2,1-2H3;9H,3-6H2,1-2H3. The lowest BCUT2D eigenvalue weighted by atomic mass is 9.97. The number of piperidine rings is 1. The molecule has 2 aliphatic heterocycles. The summed E-state index contributed by atoms with van der Waals surface area (Å²) in [5, 5.41) is 18.7. The van der Waals surface area contributed by atoms with Crippen LogP contribution in [-0.2, 0) is 4.79 Å². The van der Waals surface area contributed by atoms with Gasteiger partial charge in [-0.1, -0.05) is 17.3 Å². The van der Waals surface area contributed by atoms with E-state index in [0.29, 0.717) is 18.3 Å². The van der Waals surface area contributed by atoms with Crippen molar-refractivity contribution in [2.45, 2.75) is 64.0 Å². The van der Waals surface area contributed by atoms with Gasteiger partial charge in [0.2, 0.25) is 18.1 Å². The van der Waals surface area contributed by atoms with Crippen molar-refractivity contribution in [1.82, 2.24) is 29.7 Å². The molecular weight excluding hydrogens is 432 g/mol. The fourth-order valence-corrected chi connectivity index (χ4v) is 4.72. The van der Waals surface area contributed by atoms with Crippen molar-refractivity contribution in [3.05, 3.63) is 30.3 Å². The van der Waals surface area contributed by atoms with Crippen molar-refractivity contribution in [3.63, 3.8) is 0 Å². The van der Waals surface area contributed by atoms with Crippen LogP contribution < -0.4 is 0 Å². The molecule has 2 aromatic heterocycles. The summed E-state index contributed by atoms with van der Waals surface area (Å²) >= 11 is 0. The van der Waals surface area contributed by atoms with E-state index in [1.807, 2.05) is 23.0 Å². The van der Waals surface area contributed by atoms with E-state index in [4.69, 9.17) is 9.63 Å². The number of likely N-dealkylation sites (N-methyl/N-ethyl adjacent to an activating group) is 1. The first-order valence-electron chi connectivity index (χ1n) is 12.2. The number of carbonyl (C=O) groups excluding carboxylic acids is 1. The van der Waals surface area contributed by atoms with E-state index in [0.717, 1.165) is 61.8 Å². The highest BCUT2D eigenvalue weighted by Crippen LogP contribution is 2.29. The number of fused-ring (bicyclic) bond motifs is 1. The number of benzene rings is 1. The zero-order chi connectivity index (χ0) is 24.3. The number of hydrogen-bond donors (Lipinski definition) is 1. The van der Waals surface area contributed by atoms with Gasteiger partial charge in [0.15, 0.2) is 0 Å².